The summed E-state index contributed by atoms with van der Waals surface area (Å²) in [6.45, 7) is 4.78. The second kappa shape index (κ2) is 7.17. The molecule has 1 aliphatic heterocycles. The topological polar surface area (TPSA) is 67.5 Å². The summed E-state index contributed by atoms with van der Waals surface area (Å²) in [5.74, 6) is 0.562. The number of nitrogens with two attached hydrogens (primary N) is 1. The van der Waals surface area contributed by atoms with Crippen LogP contribution in [0.15, 0.2) is 0 Å². The molecule has 1 fully saturated rings. The number of aliphatic hydroxyl groups excluding tert-OH is 1. The van der Waals surface area contributed by atoms with Gasteiger partial charge in [0, 0.05) is 37.8 Å². The van der Waals surface area contributed by atoms with Gasteiger partial charge in [-0.1, -0.05) is 0 Å². The fraction of sp³-hybridized carbons (Fsp3) is 1.00. The van der Waals surface area contributed by atoms with Gasteiger partial charge in [0.25, 0.3) is 0 Å². The SMILES string of the molecule is CC(CCCO)NC(CN)C1CCOC1. The second-order valence-electron chi connectivity index (χ2n) is 4.40. The van der Waals surface area contributed by atoms with Gasteiger partial charge in [-0.05, 0) is 26.2 Å². The highest BCUT2D eigenvalue weighted by atomic mass is 16.5. The Hall–Kier alpha value is -0.160. The van der Waals surface area contributed by atoms with Gasteiger partial charge in [0.15, 0.2) is 0 Å². The second-order valence-corrected chi connectivity index (χ2v) is 4.40. The summed E-state index contributed by atoms with van der Waals surface area (Å²) in [7, 11) is 0. The third kappa shape index (κ3) is 4.47. The molecule has 0 aromatic carbocycles. The summed E-state index contributed by atoms with van der Waals surface area (Å²) in [4.78, 5) is 0. The molecule has 0 aliphatic carbocycles. The molecule has 1 aliphatic rings. The van der Waals surface area contributed by atoms with E-state index in [1.807, 2.05) is 0 Å². The number of rotatable bonds is 7. The van der Waals surface area contributed by atoms with E-state index in [4.69, 9.17) is 15.6 Å². The lowest BCUT2D eigenvalue weighted by molar-refractivity contribution is 0.174. The highest BCUT2D eigenvalue weighted by Crippen LogP contribution is 2.17. The summed E-state index contributed by atoms with van der Waals surface area (Å²) in [6.07, 6.45) is 2.97. The van der Waals surface area contributed by atoms with E-state index in [-0.39, 0.29) is 6.61 Å². The Kier molecular flexibility index (Phi) is 6.17. The van der Waals surface area contributed by atoms with E-state index in [1.165, 1.54) is 0 Å². The highest BCUT2D eigenvalue weighted by molar-refractivity contribution is 4.82. The van der Waals surface area contributed by atoms with E-state index in [0.29, 0.717) is 24.5 Å². The number of hydrogen-bond donors (Lipinski definition) is 3. The van der Waals surface area contributed by atoms with Crippen LogP contribution in [0.25, 0.3) is 0 Å². The number of aliphatic hydroxyl groups is 1. The molecule has 90 valence electrons. The van der Waals surface area contributed by atoms with Crippen molar-refractivity contribution >= 4 is 0 Å². The molecule has 15 heavy (non-hydrogen) atoms. The van der Waals surface area contributed by atoms with Gasteiger partial charge in [0.05, 0.1) is 6.61 Å². The van der Waals surface area contributed by atoms with Gasteiger partial charge >= 0.3 is 0 Å². The van der Waals surface area contributed by atoms with Gasteiger partial charge in [-0.2, -0.15) is 0 Å². The molecule has 0 spiro atoms. The molecule has 4 nitrogen and oxygen atoms in total. The van der Waals surface area contributed by atoms with Gasteiger partial charge in [0.1, 0.15) is 0 Å². The molecule has 4 N–H and O–H groups in total. The summed E-state index contributed by atoms with van der Waals surface area (Å²) >= 11 is 0. The molecule has 0 amide bonds. The largest absolute Gasteiger partial charge is 0.396 e. The average Bonchev–Trinajstić information content (AvgIpc) is 2.76. The van der Waals surface area contributed by atoms with Crippen LogP contribution >= 0.6 is 0 Å². The van der Waals surface area contributed by atoms with Crippen LogP contribution in [-0.4, -0.2) is 43.6 Å². The number of nitrogens with one attached hydrogen (secondary N) is 1. The molecule has 0 saturated carbocycles. The third-order valence-corrected chi connectivity index (χ3v) is 3.08. The van der Waals surface area contributed by atoms with E-state index < -0.39 is 0 Å². The Bertz CT molecular complexity index is 161. The molecule has 4 heteroatoms. The van der Waals surface area contributed by atoms with Crippen LogP contribution in [0.4, 0.5) is 0 Å². The van der Waals surface area contributed by atoms with E-state index in [2.05, 4.69) is 12.2 Å². The Morgan fingerprint density at radius 1 is 1.60 bits per heavy atom. The van der Waals surface area contributed by atoms with Crippen molar-refractivity contribution in [2.24, 2.45) is 11.7 Å². The average molecular weight is 216 g/mol. The van der Waals surface area contributed by atoms with Crippen molar-refractivity contribution in [1.29, 1.82) is 0 Å². The smallest absolute Gasteiger partial charge is 0.0510 e. The van der Waals surface area contributed by atoms with Gasteiger partial charge in [0.2, 0.25) is 0 Å². The van der Waals surface area contributed by atoms with Gasteiger partial charge in [-0.15, -0.1) is 0 Å². The zero-order valence-corrected chi connectivity index (χ0v) is 9.61. The van der Waals surface area contributed by atoms with Crippen molar-refractivity contribution in [1.82, 2.24) is 5.32 Å². The lowest BCUT2D eigenvalue weighted by atomic mass is 9.98. The Morgan fingerprint density at radius 2 is 2.40 bits per heavy atom. The zero-order chi connectivity index (χ0) is 11.1. The zero-order valence-electron chi connectivity index (χ0n) is 9.61. The normalized spacial score (nSPS) is 25.4. The standard InChI is InChI=1S/C11H24N2O2/c1-9(3-2-5-14)13-11(7-12)10-4-6-15-8-10/h9-11,13-14H,2-8,12H2,1H3. The van der Waals surface area contributed by atoms with Crippen LogP contribution in [0, 0.1) is 5.92 Å². The minimum absolute atomic E-state index is 0.270. The van der Waals surface area contributed by atoms with Gasteiger partial charge in [-0.25, -0.2) is 0 Å². The van der Waals surface area contributed by atoms with E-state index in [0.717, 1.165) is 32.5 Å². The van der Waals surface area contributed by atoms with Crippen molar-refractivity contribution < 1.29 is 9.84 Å². The van der Waals surface area contributed by atoms with Gasteiger partial charge < -0.3 is 20.9 Å². The Labute approximate surface area is 92.2 Å². The molecule has 0 aromatic rings. The van der Waals surface area contributed by atoms with Crippen LogP contribution < -0.4 is 11.1 Å². The molecule has 1 saturated heterocycles. The van der Waals surface area contributed by atoms with Crippen LogP contribution in [0.3, 0.4) is 0 Å². The van der Waals surface area contributed by atoms with Crippen molar-refractivity contribution in [3.63, 3.8) is 0 Å². The Morgan fingerprint density at radius 3 is 2.93 bits per heavy atom. The molecule has 0 aromatic heterocycles. The maximum atomic E-state index is 8.75. The van der Waals surface area contributed by atoms with E-state index >= 15 is 0 Å². The third-order valence-electron chi connectivity index (χ3n) is 3.08. The lowest BCUT2D eigenvalue weighted by Gasteiger charge is -2.26. The first-order chi connectivity index (χ1) is 7.27. The van der Waals surface area contributed by atoms with Crippen LogP contribution in [0.1, 0.15) is 26.2 Å². The van der Waals surface area contributed by atoms with Crippen molar-refractivity contribution in [2.45, 2.75) is 38.3 Å². The number of hydrogen-bond acceptors (Lipinski definition) is 4. The molecule has 3 unspecified atom stereocenters. The molecule has 0 bridgehead atoms. The molecule has 0 radical (unpaired) electrons. The first-order valence-corrected chi connectivity index (χ1v) is 5.92. The van der Waals surface area contributed by atoms with E-state index in [1.54, 1.807) is 0 Å². The fourth-order valence-corrected chi connectivity index (χ4v) is 2.11. The van der Waals surface area contributed by atoms with Crippen LogP contribution in [0.2, 0.25) is 0 Å². The highest BCUT2D eigenvalue weighted by Gasteiger charge is 2.25. The number of ether oxygens (including phenoxy) is 1. The quantitative estimate of drug-likeness (QED) is 0.565. The first kappa shape index (κ1) is 12.9. The predicted molar refractivity (Wildman–Crippen MR) is 60.7 cm³/mol. The van der Waals surface area contributed by atoms with Gasteiger partial charge in [-0.3, -0.25) is 0 Å². The first-order valence-electron chi connectivity index (χ1n) is 5.92. The summed E-state index contributed by atoms with van der Waals surface area (Å²) in [6, 6.07) is 0.785. The minimum atomic E-state index is 0.270. The summed E-state index contributed by atoms with van der Waals surface area (Å²) < 4.78 is 5.37. The fourth-order valence-electron chi connectivity index (χ4n) is 2.11. The minimum Gasteiger partial charge on any atom is -0.396 e. The lowest BCUT2D eigenvalue weighted by Crippen LogP contribution is -2.46. The van der Waals surface area contributed by atoms with Crippen molar-refractivity contribution in [3.8, 4) is 0 Å². The maximum absolute atomic E-state index is 8.75. The van der Waals surface area contributed by atoms with Crippen LogP contribution in [0.5, 0.6) is 0 Å². The molecule has 1 heterocycles. The van der Waals surface area contributed by atoms with E-state index in [9.17, 15) is 0 Å². The monoisotopic (exact) mass is 216 g/mol. The molecular formula is C11H24N2O2. The summed E-state index contributed by atoms with van der Waals surface area (Å²) in [5, 5.41) is 12.3. The Balaban J connectivity index is 2.25. The summed E-state index contributed by atoms with van der Waals surface area (Å²) in [5.41, 5.74) is 5.76. The van der Waals surface area contributed by atoms with Crippen molar-refractivity contribution in [2.75, 3.05) is 26.4 Å². The van der Waals surface area contributed by atoms with Crippen molar-refractivity contribution in [3.05, 3.63) is 0 Å². The maximum Gasteiger partial charge on any atom is 0.0510 e. The molecule has 1 rings (SSSR count). The molecule has 3 atom stereocenters. The molecular weight excluding hydrogens is 192 g/mol. The van der Waals surface area contributed by atoms with Crippen LogP contribution in [-0.2, 0) is 4.74 Å². The predicted octanol–water partition coefficient (Wildman–Crippen LogP) is 0.101.